The highest BCUT2D eigenvalue weighted by molar-refractivity contribution is 5.87. The highest BCUT2D eigenvalue weighted by atomic mass is 16.5. The molecule has 0 aliphatic heterocycles. The van der Waals surface area contributed by atoms with Gasteiger partial charge in [0.1, 0.15) is 0 Å². The molecule has 0 aromatic carbocycles. The number of aryl methyl sites for hydroxylation is 1. The number of ketones is 1. The van der Waals surface area contributed by atoms with Crippen LogP contribution >= 0.6 is 0 Å². The summed E-state index contributed by atoms with van der Waals surface area (Å²) in [6.07, 6.45) is 0. The Kier molecular flexibility index (Phi) is 3.01. The maximum atomic E-state index is 11.1. The van der Waals surface area contributed by atoms with Gasteiger partial charge in [-0.2, -0.15) is 5.10 Å². The summed E-state index contributed by atoms with van der Waals surface area (Å²) in [5.74, 6) is -0.497. The van der Waals surface area contributed by atoms with E-state index in [0.717, 1.165) is 5.69 Å². The summed E-state index contributed by atoms with van der Waals surface area (Å²) in [6, 6.07) is 1.59. The Balaban J connectivity index is 2.93. The van der Waals surface area contributed by atoms with Crippen molar-refractivity contribution in [3.8, 4) is 0 Å². The Morgan fingerprint density at radius 1 is 1.57 bits per heavy atom. The van der Waals surface area contributed by atoms with Crippen LogP contribution in [0.1, 0.15) is 23.1 Å². The lowest BCUT2D eigenvalue weighted by molar-refractivity contribution is -0.117. The Hall–Kier alpha value is -1.65. The number of carbonyl (C=O) groups excluding carboxylic acids is 2. The fourth-order valence-electron chi connectivity index (χ4n) is 1.09. The number of carbonyl (C=O) groups is 2. The molecule has 0 atom stereocenters. The van der Waals surface area contributed by atoms with E-state index >= 15 is 0 Å². The van der Waals surface area contributed by atoms with Crippen LogP contribution in [0.2, 0.25) is 0 Å². The van der Waals surface area contributed by atoms with E-state index in [1.54, 1.807) is 13.0 Å². The number of esters is 1. The number of ether oxygens (including phenoxy) is 1. The van der Waals surface area contributed by atoms with Crippen molar-refractivity contribution in [3.63, 3.8) is 0 Å². The first-order valence-corrected chi connectivity index (χ1v) is 4.16. The average molecular weight is 196 g/mol. The smallest absolute Gasteiger partial charge is 0.358 e. The number of Topliss-reactive ketones (excluding diaryl/α,β-unsaturated/α-hetero) is 1. The summed E-state index contributed by atoms with van der Waals surface area (Å²) in [7, 11) is 1.29. The van der Waals surface area contributed by atoms with Crippen molar-refractivity contribution in [1.29, 1.82) is 0 Å². The van der Waals surface area contributed by atoms with E-state index in [-0.39, 0.29) is 18.0 Å². The Labute approximate surface area is 81.7 Å². The molecule has 0 aliphatic rings. The zero-order chi connectivity index (χ0) is 10.7. The van der Waals surface area contributed by atoms with Crippen LogP contribution in [0.15, 0.2) is 6.07 Å². The van der Waals surface area contributed by atoms with Gasteiger partial charge >= 0.3 is 5.97 Å². The standard InChI is InChI=1S/C9H12N2O3/c1-6-4-8(9(13)14-3)10-11(6)5-7(2)12/h4H,5H2,1-3H3. The second-order valence-corrected chi connectivity index (χ2v) is 3.02. The van der Waals surface area contributed by atoms with Crippen molar-refractivity contribution in [2.75, 3.05) is 7.11 Å². The molecular formula is C9H12N2O3. The third-order valence-corrected chi connectivity index (χ3v) is 1.75. The van der Waals surface area contributed by atoms with E-state index in [9.17, 15) is 9.59 Å². The molecule has 0 unspecified atom stereocenters. The van der Waals surface area contributed by atoms with Crippen LogP contribution in [0.25, 0.3) is 0 Å². The molecule has 0 spiro atoms. The van der Waals surface area contributed by atoms with Gasteiger partial charge < -0.3 is 4.74 Å². The minimum Gasteiger partial charge on any atom is -0.464 e. The van der Waals surface area contributed by atoms with Crippen molar-refractivity contribution >= 4 is 11.8 Å². The molecule has 14 heavy (non-hydrogen) atoms. The van der Waals surface area contributed by atoms with Gasteiger partial charge in [-0.25, -0.2) is 4.79 Å². The summed E-state index contributed by atoms with van der Waals surface area (Å²) in [6.45, 7) is 3.43. The van der Waals surface area contributed by atoms with E-state index in [2.05, 4.69) is 9.84 Å². The summed E-state index contributed by atoms with van der Waals surface area (Å²) in [4.78, 5) is 21.9. The topological polar surface area (TPSA) is 61.2 Å². The van der Waals surface area contributed by atoms with Gasteiger partial charge in [0.15, 0.2) is 11.5 Å². The van der Waals surface area contributed by atoms with Crippen LogP contribution in [-0.2, 0) is 16.1 Å². The normalized spacial score (nSPS) is 9.93. The van der Waals surface area contributed by atoms with E-state index < -0.39 is 5.97 Å². The van der Waals surface area contributed by atoms with Crippen molar-refractivity contribution in [1.82, 2.24) is 9.78 Å². The lowest BCUT2D eigenvalue weighted by Gasteiger charge is -1.98. The summed E-state index contributed by atoms with van der Waals surface area (Å²) in [5, 5.41) is 3.94. The second kappa shape index (κ2) is 4.04. The number of hydrogen-bond acceptors (Lipinski definition) is 4. The molecule has 0 saturated heterocycles. The molecule has 1 rings (SSSR count). The van der Waals surface area contributed by atoms with Crippen molar-refractivity contribution in [2.24, 2.45) is 0 Å². The predicted octanol–water partition coefficient (Wildman–Crippen LogP) is 0.567. The highest BCUT2D eigenvalue weighted by Gasteiger charge is 2.12. The van der Waals surface area contributed by atoms with Gasteiger partial charge in [-0.05, 0) is 19.9 Å². The molecule has 0 N–H and O–H groups in total. The Morgan fingerprint density at radius 2 is 2.21 bits per heavy atom. The van der Waals surface area contributed by atoms with Crippen LogP contribution in [-0.4, -0.2) is 28.6 Å². The van der Waals surface area contributed by atoms with Crippen molar-refractivity contribution in [2.45, 2.75) is 20.4 Å². The van der Waals surface area contributed by atoms with Crippen molar-refractivity contribution < 1.29 is 14.3 Å². The van der Waals surface area contributed by atoms with E-state index in [0.29, 0.717) is 0 Å². The molecule has 5 heteroatoms. The number of nitrogens with zero attached hydrogens (tertiary/aromatic N) is 2. The fourth-order valence-corrected chi connectivity index (χ4v) is 1.09. The van der Waals surface area contributed by atoms with Crippen LogP contribution in [0.5, 0.6) is 0 Å². The first-order chi connectivity index (χ1) is 6.54. The van der Waals surface area contributed by atoms with Gasteiger partial charge in [0.05, 0.1) is 13.7 Å². The van der Waals surface area contributed by atoms with E-state index in [4.69, 9.17) is 0 Å². The van der Waals surface area contributed by atoms with Gasteiger partial charge in [0.2, 0.25) is 0 Å². The number of rotatable bonds is 3. The summed E-state index contributed by atoms with van der Waals surface area (Å²) < 4.78 is 5.99. The maximum absolute atomic E-state index is 11.1. The number of hydrogen-bond donors (Lipinski definition) is 0. The van der Waals surface area contributed by atoms with Crippen LogP contribution in [0, 0.1) is 6.92 Å². The number of methoxy groups -OCH3 is 1. The monoisotopic (exact) mass is 196 g/mol. The third-order valence-electron chi connectivity index (χ3n) is 1.75. The fraction of sp³-hybridized carbons (Fsp3) is 0.444. The van der Waals surface area contributed by atoms with Crippen molar-refractivity contribution in [3.05, 3.63) is 17.5 Å². The predicted molar refractivity (Wildman–Crippen MR) is 49.0 cm³/mol. The maximum Gasteiger partial charge on any atom is 0.358 e. The molecule has 0 saturated carbocycles. The van der Waals surface area contributed by atoms with E-state index in [1.807, 2.05) is 0 Å². The Morgan fingerprint density at radius 3 is 2.71 bits per heavy atom. The first-order valence-electron chi connectivity index (χ1n) is 4.16. The van der Waals surface area contributed by atoms with E-state index in [1.165, 1.54) is 18.7 Å². The molecule has 0 radical (unpaired) electrons. The zero-order valence-corrected chi connectivity index (χ0v) is 8.40. The molecule has 1 aromatic rings. The molecule has 0 bridgehead atoms. The Bertz CT molecular complexity index is 368. The zero-order valence-electron chi connectivity index (χ0n) is 8.40. The van der Waals surface area contributed by atoms with Gasteiger partial charge in [0.25, 0.3) is 0 Å². The highest BCUT2D eigenvalue weighted by Crippen LogP contribution is 2.04. The van der Waals surface area contributed by atoms with Gasteiger partial charge in [-0.1, -0.05) is 0 Å². The summed E-state index contributed by atoms with van der Waals surface area (Å²) >= 11 is 0. The minimum absolute atomic E-state index is 0.00684. The molecule has 0 amide bonds. The second-order valence-electron chi connectivity index (χ2n) is 3.02. The largest absolute Gasteiger partial charge is 0.464 e. The molecular weight excluding hydrogens is 184 g/mol. The third kappa shape index (κ3) is 2.18. The minimum atomic E-state index is -0.490. The number of aromatic nitrogens is 2. The lowest BCUT2D eigenvalue weighted by Crippen LogP contribution is -2.10. The molecule has 0 aliphatic carbocycles. The van der Waals surface area contributed by atoms with Gasteiger partial charge in [-0.15, -0.1) is 0 Å². The summed E-state index contributed by atoms with van der Waals surface area (Å²) in [5.41, 5.74) is 0.992. The quantitative estimate of drug-likeness (QED) is 0.663. The van der Waals surface area contributed by atoms with Crippen LogP contribution < -0.4 is 0 Å². The first kappa shape index (κ1) is 10.4. The van der Waals surface area contributed by atoms with Gasteiger partial charge in [-0.3, -0.25) is 9.48 Å². The molecule has 1 heterocycles. The lowest BCUT2D eigenvalue weighted by atomic mass is 10.3. The van der Waals surface area contributed by atoms with Crippen LogP contribution in [0.4, 0.5) is 0 Å². The molecule has 5 nitrogen and oxygen atoms in total. The molecule has 0 fully saturated rings. The average Bonchev–Trinajstić information content (AvgIpc) is 2.46. The molecule has 76 valence electrons. The van der Waals surface area contributed by atoms with Crippen LogP contribution in [0.3, 0.4) is 0 Å². The van der Waals surface area contributed by atoms with Gasteiger partial charge in [0, 0.05) is 5.69 Å². The SMILES string of the molecule is COC(=O)c1cc(C)n(CC(C)=O)n1. The molecule has 1 aromatic heterocycles.